The van der Waals surface area contributed by atoms with Crippen molar-refractivity contribution < 1.29 is 23.8 Å². The number of fused-ring (bicyclic) bond motifs is 1. The fourth-order valence-electron chi connectivity index (χ4n) is 2.01. The lowest BCUT2D eigenvalue weighted by molar-refractivity contribution is -0.138. The van der Waals surface area contributed by atoms with E-state index in [2.05, 4.69) is 9.97 Å². The van der Waals surface area contributed by atoms with Crippen LogP contribution >= 0.6 is 0 Å². The van der Waals surface area contributed by atoms with Crippen LogP contribution in [0.1, 0.15) is 20.7 Å². The molecule has 0 saturated heterocycles. The Labute approximate surface area is 116 Å². The van der Waals surface area contributed by atoms with E-state index in [0.717, 1.165) is 0 Å². The summed E-state index contributed by atoms with van der Waals surface area (Å²) in [7, 11) is 6.29. The van der Waals surface area contributed by atoms with E-state index in [0.29, 0.717) is 11.1 Å². The second-order valence-electron chi connectivity index (χ2n) is 4.27. The van der Waals surface area contributed by atoms with Crippen molar-refractivity contribution in [2.24, 2.45) is 0 Å². The van der Waals surface area contributed by atoms with Crippen LogP contribution in [-0.4, -0.2) is 51.4 Å². The Hall–Kier alpha value is -1.99. The van der Waals surface area contributed by atoms with Gasteiger partial charge in [-0.1, -0.05) is 24.3 Å². The number of hydrogen-bond donors (Lipinski definition) is 1. The number of likely N-dealkylation sites (N-methyl/N-ethyl adjacent to an activating group) is 1. The first kappa shape index (κ1) is 14.4. The van der Waals surface area contributed by atoms with Crippen LogP contribution < -0.4 is 5.32 Å². The van der Waals surface area contributed by atoms with Crippen LogP contribution in [0.5, 0.6) is 0 Å². The Balaban J connectivity index is 2.07. The van der Waals surface area contributed by atoms with Gasteiger partial charge in [0.15, 0.2) is 17.7 Å². The number of carbonyl (C=O) groups is 3. The highest BCUT2D eigenvalue weighted by Gasteiger charge is 2.39. The van der Waals surface area contributed by atoms with E-state index in [4.69, 9.17) is 12.8 Å². The molecule has 1 N–H and O–H groups in total. The largest absolute Gasteiger partial charge is 0.542 e. The molecule has 0 amide bonds. The number of nitrogens with one attached hydrogen (secondary N) is 1. The molecule has 102 valence electrons. The zero-order valence-corrected chi connectivity index (χ0v) is 10.8. The predicted octanol–water partition coefficient (Wildman–Crippen LogP) is -0.335. The van der Waals surface area contributed by atoms with Gasteiger partial charge in [0.25, 0.3) is 0 Å². The minimum absolute atomic E-state index is 0.192. The molecule has 2 radical (unpaired) electrons. The summed E-state index contributed by atoms with van der Waals surface area (Å²) >= 11 is 0. The number of hydrogen-bond acceptors (Lipinski definition) is 6. The molecule has 0 aliphatic heterocycles. The molecule has 0 saturated carbocycles. The zero-order valence-electron chi connectivity index (χ0n) is 10.8. The molecular weight excluding hydrogens is 261 g/mol. The maximum absolute atomic E-state index is 12.0. The van der Waals surface area contributed by atoms with Crippen LogP contribution in [0.15, 0.2) is 24.3 Å². The molecule has 0 bridgehead atoms. The van der Waals surface area contributed by atoms with Gasteiger partial charge >= 0.3 is 14.0 Å². The summed E-state index contributed by atoms with van der Waals surface area (Å²) in [5.41, 5.74) is 0.676. The average Bonchev–Trinajstić information content (AvgIpc) is 2.72. The molecule has 1 aromatic carbocycles. The number of rotatable bonds is 5. The lowest BCUT2D eigenvalue weighted by atomic mass is 10.1. The van der Waals surface area contributed by atoms with Crippen molar-refractivity contribution in [2.75, 3.05) is 13.7 Å². The molecule has 6 nitrogen and oxygen atoms in total. The first-order valence-electron chi connectivity index (χ1n) is 5.97. The summed E-state index contributed by atoms with van der Waals surface area (Å²) in [6, 6.07) is 5.65. The average molecular weight is 273 g/mol. The molecule has 1 atom stereocenters. The molecular formula is C13H12BNO5. The Morgan fingerprint density at radius 1 is 1.30 bits per heavy atom. The number of carbonyl (C=O) groups excluding carboxylic acids is 3. The van der Waals surface area contributed by atoms with Gasteiger partial charge in [-0.3, -0.25) is 14.4 Å². The molecule has 0 aromatic heterocycles. The highest BCUT2D eigenvalue weighted by molar-refractivity contribution is 6.28. The highest BCUT2D eigenvalue weighted by Crippen LogP contribution is 2.24. The molecule has 0 heterocycles. The van der Waals surface area contributed by atoms with Gasteiger partial charge in [0, 0.05) is 11.1 Å². The van der Waals surface area contributed by atoms with E-state index in [-0.39, 0.29) is 6.61 Å². The predicted molar refractivity (Wildman–Crippen MR) is 69.5 cm³/mol. The first-order valence-corrected chi connectivity index (χ1v) is 5.97. The van der Waals surface area contributed by atoms with E-state index < -0.39 is 29.7 Å². The molecule has 1 aliphatic carbocycles. The SMILES string of the molecule is [B]OC(=O)[C@H](COC1C(=O)c2ccccc2C1=O)NC. The van der Waals surface area contributed by atoms with Gasteiger partial charge in [-0.15, -0.1) is 0 Å². The molecule has 7 heteroatoms. The van der Waals surface area contributed by atoms with Gasteiger partial charge in [0.2, 0.25) is 0 Å². The summed E-state index contributed by atoms with van der Waals surface area (Å²) in [6.07, 6.45) is -1.21. The molecule has 2 rings (SSSR count). The van der Waals surface area contributed by atoms with Gasteiger partial charge < -0.3 is 14.7 Å². The number of ketones is 2. The Morgan fingerprint density at radius 3 is 2.30 bits per heavy atom. The third-order valence-electron chi connectivity index (χ3n) is 3.11. The summed E-state index contributed by atoms with van der Waals surface area (Å²) in [4.78, 5) is 35.4. The van der Waals surface area contributed by atoms with Crippen molar-refractivity contribution in [1.82, 2.24) is 5.32 Å². The van der Waals surface area contributed by atoms with Gasteiger partial charge in [-0.05, 0) is 7.05 Å². The van der Waals surface area contributed by atoms with E-state index >= 15 is 0 Å². The van der Waals surface area contributed by atoms with Crippen molar-refractivity contribution in [3.05, 3.63) is 35.4 Å². The number of ether oxygens (including phenoxy) is 1. The third kappa shape index (κ3) is 2.50. The monoisotopic (exact) mass is 273 g/mol. The normalized spacial score (nSPS) is 16.1. The molecule has 0 fully saturated rings. The number of Topliss-reactive ketones (excluding diaryl/α,β-unsaturated/α-hetero) is 2. The summed E-state index contributed by atoms with van der Waals surface area (Å²) in [5, 5.41) is 2.63. The summed E-state index contributed by atoms with van der Waals surface area (Å²) < 4.78 is 9.35. The van der Waals surface area contributed by atoms with Crippen LogP contribution in [-0.2, 0) is 14.2 Å². The van der Waals surface area contributed by atoms with Crippen molar-refractivity contribution in [1.29, 1.82) is 0 Å². The van der Waals surface area contributed by atoms with Crippen LogP contribution in [0, 0.1) is 0 Å². The summed E-state index contributed by atoms with van der Waals surface area (Å²) in [6.45, 7) is -0.192. The van der Waals surface area contributed by atoms with Crippen molar-refractivity contribution in [3.63, 3.8) is 0 Å². The van der Waals surface area contributed by atoms with Crippen LogP contribution in [0.4, 0.5) is 0 Å². The topological polar surface area (TPSA) is 81.7 Å². The van der Waals surface area contributed by atoms with Gasteiger partial charge in [-0.2, -0.15) is 0 Å². The van der Waals surface area contributed by atoms with Crippen molar-refractivity contribution in [2.45, 2.75) is 12.1 Å². The van der Waals surface area contributed by atoms with E-state index in [9.17, 15) is 14.4 Å². The molecule has 0 spiro atoms. The maximum atomic E-state index is 12.0. The minimum atomic E-state index is -1.21. The Bertz CT molecular complexity index is 524. The van der Waals surface area contributed by atoms with Crippen LogP contribution in [0.2, 0.25) is 0 Å². The van der Waals surface area contributed by atoms with Gasteiger partial charge in [0.1, 0.15) is 6.04 Å². The maximum Gasteiger partial charge on any atom is 0.378 e. The van der Waals surface area contributed by atoms with Crippen molar-refractivity contribution >= 4 is 25.6 Å². The molecule has 1 aromatic rings. The second kappa shape index (κ2) is 5.98. The Morgan fingerprint density at radius 2 is 1.85 bits per heavy atom. The fraction of sp³-hybridized carbons (Fsp3) is 0.308. The fourth-order valence-corrected chi connectivity index (χ4v) is 2.01. The van der Waals surface area contributed by atoms with Crippen LogP contribution in [0.25, 0.3) is 0 Å². The lowest BCUT2D eigenvalue weighted by Crippen LogP contribution is -2.41. The zero-order chi connectivity index (χ0) is 14.7. The standard InChI is InChI=1S/C13H12BNO5/c1-15-9(13(18)20-14)6-19-12-10(16)7-4-2-3-5-8(7)11(12)17/h2-5,9,12,15H,6H2,1H3/t9-/m0/s1. The third-order valence-corrected chi connectivity index (χ3v) is 3.11. The van der Waals surface area contributed by atoms with Crippen molar-refractivity contribution in [3.8, 4) is 0 Å². The van der Waals surface area contributed by atoms with Crippen LogP contribution in [0.3, 0.4) is 0 Å². The number of benzene rings is 1. The van der Waals surface area contributed by atoms with E-state index in [1.54, 1.807) is 24.3 Å². The Kier molecular flexibility index (Phi) is 4.31. The smallest absolute Gasteiger partial charge is 0.378 e. The first-order chi connectivity index (χ1) is 9.60. The highest BCUT2D eigenvalue weighted by atomic mass is 16.5. The van der Waals surface area contributed by atoms with Gasteiger partial charge in [0.05, 0.1) is 6.61 Å². The molecule has 1 aliphatic rings. The quantitative estimate of drug-likeness (QED) is 0.584. The second-order valence-corrected chi connectivity index (χ2v) is 4.27. The van der Waals surface area contributed by atoms with E-state index in [1.807, 2.05) is 0 Å². The lowest BCUT2D eigenvalue weighted by Gasteiger charge is -2.16. The minimum Gasteiger partial charge on any atom is -0.542 e. The summed E-state index contributed by atoms with van der Waals surface area (Å²) in [5.74, 6) is -1.54. The van der Waals surface area contributed by atoms with Gasteiger partial charge in [-0.25, -0.2) is 0 Å². The molecule has 0 unspecified atom stereocenters. The molecule has 20 heavy (non-hydrogen) atoms. The van der Waals surface area contributed by atoms with E-state index in [1.165, 1.54) is 7.05 Å².